The van der Waals surface area contributed by atoms with Crippen molar-refractivity contribution in [1.82, 2.24) is 0 Å². The van der Waals surface area contributed by atoms with Gasteiger partial charge >= 0.3 is 6.18 Å². The molecule has 0 aromatic heterocycles. The van der Waals surface area contributed by atoms with Crippen LogP contribution in [0.2, 0.25) is 0 Å². The van der Waals surface area contributed by atoms with Crippen LogP contribution in [0.15, 0.2) is 24.3 Å². The van der Waals surface area contributed by atoms with E-state index in [2.05, 4.69) is 0 Å². The van der Waals surface area contributed by atoms with Crippen LogP contribution in [0, 0.1) is 11.8 Å². The van der Waals surface area contributed by atoms with Gasteiger partial charge < -0.3 is 10.5 Å². The van der Waals surface area contributed by atoms with Gasteiger partial charge in [0, 0.05) is 6.04 Å². The second-order valence-corrected chi connectivity index (χ2v) is 5.68. The topological polar surface area (TPSA) is 35.2 Å². The van der Waals surface area contributed by atoms with Crippen molar-refractivity contribution >= 4 is 0 Å². The molecule has 2 rings (SSSR count). The standard InChI is InChI=1S/C16H22F3NO/c1-2-21-14-5-3-4-12(10-14)15(20)11-6-8-13(9-7-11)16(17,18)19/h3-5,10-11,13,15H,2,6-9,20H2,1H3. The van der Waals surface area contributed by atoms with Gasteiger partial charge in [-0.15, -0.1) is 0 Å². The molecule has 1 aliphatic carbocycles. The van der Waals surface area contributed by atoms with Gasteiger partial charge in [-0.25, -0.2) is 0 Å². The molecule has 5 heteroatoms. The summed E-state index contributed by atoms with van der Waals surface area (Å²) >= 11 is 0. The lowest BCUT2D eigenvalue weighted by atomic mass is 9.77. The molecule has 1 aromatic rings. The fourth-order valence-corrected chi connectivity index (χ4v) is 3.06. The predicted molar refractivity (Wildman–Crippen MR) is 76.0 cm³/mol. The summed E-state index contributed by atoms with van der Waals surface area (Å²) in [5.41, 5.74) is 7.19. The third-order valence-electron chi connectivity index (χ3n) is 4.30. The Balaban J connectivity index is 1.98. The van der Waals surface area contributed by atoms with Crippen LogP contribution >= 0.6 is 0 Å². The Morgan fingerprint density at radius 1 is 1.24 bits per heavy atom. The highest BCUT2D eigenvalue weighted by Crippen LogP contribution is 2.42. The lowest BCUT2D eigenvalue weighted by Gasteiger charge is -2.33. The summed E-state index contributed by atoms with van der Waals surface area (Å²) in [6.07, 6.45) is -2.63. The van der Waals surface area contributed by atoms with Crippen LogP contribution in [0.5, 0.6) is 5.75 Å². The van der Waals surface area contributed by atoms with Crippen LogP contribution in [-0.2, 0) is 0 Å². The highest BCUT2D eigenvalue weighted by atomic mass is 19.4. The molecular formula is C16H22F3NO. The summed E-state index contributed by atoms with van der Waals surface area (Å²) in [7, 11) is 0. The Bertz CT molecular complexity index is 453. The Morgan fingerprint density at radius 2 is 1.90 bits per heavy atom. The van der Waals surface area contributed by atoms with Crippen molar-refractivity contribution in [3.05, 3.63) is 29.8 Å². The quantitative estimate of drug-likeness (QED) is 0.891. The minimum Gasteiger partial charge on any atom is -0.494 e. The minimum atomic E-state index is -4.07. The number of alkyl halides is 3. The first-order valence-corrected chi connectivity index (χ1v) is 7.47. The first-order valence-electron chi connectivity index (χ1n) is 7.47. The third kappa shape index (κ3) is 4.13. The van der Waals surface area contributed by atoms with Crippen molar-refractivity contribution in [2.75, 3.05) is 6.61 Å². The van der Waals surface area contributed by atoms with E-state index in [4.69, 9.17) is 10.5 Å². The molecule has 1 fully saturated rings. The minimum absolute atomic E-state index is 0.112. The second-order valence-electron chi connectivity index (χ2n) is 5.68. The molecule has 0 heterocycles. The van der Waals surface area contributed by atoms with Gasteiger partial charge in [-0.1, -0.05) is 12.1 Å². The van der Waals surface area contributed by atoms with Crippen LogP contribution in [0.3, 0.4) is 0 Å². The van der Waals surface area contributed by atoms with Crippen molar-refractivity contribution in [3.8, 4) is 5.75 Å². The summed E-state index contributed by atoms with van der Waals surface area (Å²) in [5.74, 6) is -0.286. The molecule has 1 saturated carbocycles. The SMILES string of the molecule is CCOc1cccc(C(N)C2CCC(C(F)(F)F)CC2)c1. The Hall–Kier alpha value is -1.23. The maximum absolute atomic E-state index is 12.7. The van der Waals surface area contributed by atoms with Gasteiger partial charge in [-0.3, -0.25) is 0 Å². The summed E-state index contributed by atoms with van der Waals surface area (Å²) in [4.78, 5) is 0. The number of hydrogen-bond donors (Lipinski definition) is 1. The average molecular weight is 301 g/mol. The molecule has 0 saturated heterocycles. The van der Waals surface area contributed by atoms with Crippen LogP contribution in [-0.4, -0.2) is 12.8 Å². The van der Waals surface area contributed by atoms with Crippen LogP contribution in [0.25, 0.3) is 0 Å². The van der Waals surface area contributed by atoms with E-state index >= 15 is 0 Å². The van der Waals surface area contributed by atoms with Crippen LogP contribution in [0.4, 0.5) is 13.2 Å². The zero-order valence-corrected chi connectivity index (χ0v) is 12.2. The normalized spacial score (nSPS) is 24.6. The predicted octanol–water partition coefficient (Wildman–Crippen LogP) is 4.45. The largest absolute Gasteiger partial charge is 0.494 e. The molecule has 1 aliphatic rings. The molecular weight excluding hydrogens is 279 g/mol. The zero-order valence-electron chi connectivity index (χ0n) is 12.2. The average Bonchev–Trinajstić information content (AvgIpc) is 2.46. The number of halogens is 3. The molecule has 1 atom stereocenters. The monoisotopic (exact) mass is 301 g/mol. The van der Waals surface area contributed by atoms with E-state index in [0.29, 0.717) is 19.4 Å². The van der Waals surface area contributed by atoms with Gasteiger partial charge in [0.05, 0.1) is 12.5 Å². The number of rotatable bonds is 4. The van der Waals surface area contributed by atoms with E-state index in [1.54, 1.807) is 0 Å². The second kappa shape index (κ2) is 6.69. The van der Waals surface area contributed by atoms with Gasteiger partial charge in [-0.2, -0.15) is 13.2 Å². The molecule has 2 N–H and O–H groups in total. The number of hydrogen-bond acceptors (Lipinski definition) is 2. The molecule has 0 spiro atoms. The Morgan fingerprint density at radius 3 is 2.48 bits per heavy atom. The fourth-order valence-electron chi connectivity index (χ4n) is 3.06. The molecule has 1 aromatic carbocycles. The maximum atomic E-state index is 12.7. The lowest BCUT2D eigenvalue weighted by molar-refractivity contribution is -0.184. The number of nitrogens with two attached hydrogens (primary N) is 1. The van der Waals surface area contributed by atoms with Crippen molar-refractivity contribution in [3.63, 3.8) is 0 Å². The van der Waals surface area contributed by atoms with Crippen molar-refractivity contribution in [2.45, 2.75) is 44.8 Å². The molecule has 0 amide bonds. The van der Waals surface area contributed by atoms with E-state index in [9.17, 15) is 13.2 Å². The molecule has 21 heavy (non-hydrogen) atoms. The summed E-state index contributed by atoms with van der Waals surface area (Å²) in [5, 5.41) is 0. The maximum Gasteiger partial charge on any atom is 0.391 e. The van der Waals surface area contributed by atoms with Crippen LogP contribution < -0.4 is 10.5 Å². The highest BCUT2D eigenvalue weighted by Gasteiger charge is 2.42. The van der Waals surface area contributed by atoms with E-state index < -0.39 is 12.1 Å². The Labute approximate surface area is 123 Å². The van der Waals surface area contributed by atoms with E-state index in [-0.39, 0.29) is 24.8 Å². The van der Waals surface area contributed by atoms with Crippen molar-refractivity contribution in [1.29, 1.82) is 0 Å². The molecule has 0 radical (unpaired) electrons. The van der Waals surface area contributed by atoms with Gasteiger partial charge in [0.2, 0.25) is 0 Å². The molecule has 2 nitrogen and oxygen atoms in total. The lowest BCUT2D eigenvalue weighted by Crippen LogP contribution is -2.31. The highest BCUT2D eigenvalue weighted by molar-refractivity contribution is 5.30. The summed E-state index contributed by atoms with van der Waals surface area (Å²) in [6, 6.07) is 7.33. The van der Waals surface area contributed by atoms with Gasteiger partial charge in [0.1, 0.15) is 5.75 Å². The van der Waals surface area contributed by atoms with E-state index in [1.807, 2.05) is 31.2 Å². The number of ether oxygens (including phenoxy) is 1. The fraction of sp³-hybridized carbons (Fsp3) is 0.625. The third-order valence-corrected chi connectivity index (χ3v) is 4.30. The van der Waals surface area contributed by atoms with Crippen molar-refractivity contribution in [2.24, 2.45) is 17.6 Å². The Kier molecular flexibility index (Phi) is 5.14. The van der Waals surface area contributed by atoms with Crippen LogP contribution in [0.1, 0.15) is 44.2 Å². The molecule has 0 aliphatic heterocycles. The van der Waals surface area contributed by atoms with E-state index in [1.165, 1.54) is 0 Å². The first-order chi connectivity index (χ1) is 9.91. The molecule has 1 unspecified atom stereocenters. The van der Waals surface area contributed by atoms with Gasteiger partial charge in [0.25, 0.3) is 0 Å². The smallest absolute Gasteiger partial charge is 0.391 e. The first kappa shape index (κ1) is 16.1. The molecule has 0 bridgehead atoms. The molecule has 118 valence electrons. The van der Waals surface area contributed by atoms with Crippen molar-refractivity contribution < 1.29 is 17.9 Å². The summed E-state index contributed by atoms with van der Waals surface area (Å²) in [6.45, 7) is 2.49. The van der Waals surface area contributed by atoms with Gasteiger partial charge in [0.15, 0.2) is 0 Å². The van der Waals surface area contributed by atoms with Gasteiger partial charge in [-0.05, 0) is 56.2 Å². The zero-order chi connectivity index (χ0) is 15.5. The van der Waals surface area contributed by atoms with E-state index in [0.717, 1.165) is 11.3 Å². The summed E-state index contributed by atoms with van der Waals surface area (Å²) < 4.78 is 43.5. The number of benzene rings is 1.